The van der Waals surface area contributed by atoms with Gasteiger partial charge in [-0.05, 0) is 32.1 Å². The largest absolute Gasteiger partial charge is 0.365 e. The molecule has 3 rings (SSSR count). The Bertz CT molecular complexity index is 574. The zero-order chi connectivity index (χ0) is 13.9. The first-order chi connectivity index (χ1) is 9.78. The monoisotopic (exact) mass is 274 g/mol. The van der Waals surface area contributed by atoms with E-state index in [2.05, 4.69) is 44.4 Å². The summed E-state index contributed by atoms with van der Waals surface area (Å²) in [4.78, 5) is 16.4. The number of H-pyrrole nitrogens is 1. The number of nitrogens with zero attached hydrogens (tertiary/aromatic N) is 3. The van der Waals surface area contributed by atoms with Crippen LogP contribution in [0.5, 0.6) is 0 Å². The molecule has 0 aromatic carbocycles. The van der Waals surface area contributed by atoms with Gasteiger partial charge in [-0.15, -0.1) is 0 Å². The van der Waals surface area contributed by atoms with Crippen molar-refractivity contribution in [1.82, 2.24) is 19.9 Å². The molecule has 6 heteroatoms. The van der Waals surface area contributed by atoms with E-state index in [9.17, 15) is 0 Å². The molecule has 2 aromatic rings. The first kappa shape index (κ1) is 13.1. The Kier molecular flexibility index (Phi) is 3.71. The maximum atomic E-state index is 4.59. The standard InChI is InChI=1S/C14H22N6/c1-3-7-15-14-19-12-11(16-8-17-12)13(20-14)18-9(2)10-5-4-6-10/h8-10H,3-7H2,1-2H3,(H3,15,16,17,18,19,20). The highest BCUT2D eigenvalue weighted by Gasteiger charge is 2.24. The predicted octanol–water partition coefficient (Wildman–Crippen LogP) is 2.78. The van der Waals surface area contributed by atoms with Gasteiger partial charge < -0.3 is 15.6 Å². The van der Waals surface area contributed by atoms with E-state index in [4.69, 9.17) is 0 Å². The number of nitrogens with one attached hydrogen (secondary N) is 3. The van der Waals surface area contributed by atoms with E-state index in [1.165, 1.54) is 19.3 Å². The smallest absolute Gasteiger partial charge is 0.226 e. The number of aromatic amines is 1. The van der Waals surface area contributed by atoms with Crippen molar-refractivity contribution in [2.45, 2.75) is 45.6 Å². The molecule has 2 aromatic heterocycles. The highest BCUT2D eigenvalue weighted by molar-refractivity contribution is 5.83. The Hall–Kier alpha value is -1.85. The Morgan fingerprint density at radius 1 is 1.40 bits per heavy atom. The summed E-state index contributed by atoms with van der Waals surface area (Å²) in [6, 6.07) is 0.434. The number of aromatic nitrogens is 4. The topological polar surface area (TPSA) is 78.5 Å². The third-order valence-electron chi connectivity index (χ3n) is 4.04. The van der Waals surface area contributed by atoms with Crippen LogP contribution >= 0.6 is 0 Å². The van der Waals surface area contributed by atoms with Gasteiger partial charge in [-0.1, -0.05) is 13.3 Å². The van der Waals surface area contributed by atoms with Crippen molar-refractivity contribution in [3.8, 4) is 0 Å². The maximum Gasteiger partial charge on any atom is 0.226 e. The normalized spacial score (nSPS) is 16.9. The van der Waals surface area contributed by atoms with Gasteiger partial charge in [0.25, 0.3) is 0 Å². The van der Waals surface area contributed by atoms with E-state index in [-0.39, 0.29) is 0 Å². The lowest BCUT2D eigenvalue weighted by Gasteiger charge is -2.32. The number of imidazole rings is 1. The van der Waals surface area contributed by atoms with Crippen molar-refractivity contribution in [3.05, 3.63) is 6.33 Å². The van der Waals surface area contributed by atoms with Crippen molar-refractivity contribution in [1.29, 1.82) is 0 Å². The molecule has 6 nitrogen and oxygen atoms in total. The zero-order valence-electron chi connectivity index (χ0n) is 12.1. The first-order valence-electron chi connectivity index (χ1n) is 7.49. The van der Waals surface area contributed by atoms with Crippen LogP contribution in [0.4, 0.5) is 11.8 Å². The molecule has 0 saturated heterocycles. The van der Waals surface area contributed by atoms with E-state index < -0.39 is 0 Å². The van der Waals surface area contributed by atoms with Crippen LogP contribution in [0.2, 0.25) is 0 Å². The molecule has 2 heterocycles. The summed E-state index contributed by atoms with van der Waals surface area (Å²) in [6.07, 6.45) is 6.69. The van der Waals surface area contributed by atoms with Gasteiger partial charge in [-0.3, -0.25) is 0 Å². The first-order valence-corrected chi connectivity index (χ1v) is 7.49. The molecule has 20 heavy (non-hydrogen) atoms. The summed E-state index contributed by atoms with van der Waals surface area (Å²) in [7, 11) is 0. The molecule has 1 saturated carbocycles. The van der Waals surface area contributed by atoms with Crippen LogP contribution in [-0.2, 0) is 0 Å². The molecular formula is C14H22N6. The Labute approximate surface area is 118 Å². The number of anilines is 2. The summed E-state index contributed by atoms with van der Waals surface area (Å²) in [5, 5.41) is 6.76. The van der Waals surface area contributed by atoms with E-state index in [0.717, 1.165) is 30.2 Å². The zero-order valence-corrected chi connectivity index (χ0v) is 12.1. The fraction of sp³-hybridized carbons (Fsp3) is 0.643. The molecule has 0 radical (unpaired) electrons. The fourth-order valence-electron chi connectivity index (χ4n) is 2.53. The van der Waals surface area contributed by atoms with Crippen LogP contribution in [0.1, 0.15) is 39.5 Å². The quantitative estimate of drug-likeness (QED) is 0.755. The van der Waals surface area contributed by atoms with Gasteiger partial charge in [0, 0.05) is 12.6 Å². The minimum atomic E-state index is 0.434. The van der Waals surface area contributed by atoms with Crippen molar-refractivity contribution in [2.75, 3.05) is 17.2 Å². The molecule has 1 atom stereocenters. The van der Waals surface area contributed by atoms with Crippen LogP contribution in [0.3, 0.4) is 0 Å². The van der Waals surface area contributed by atoms with Crippen molar-refractivity contribution in [2.24, 2.45) is 5.92 Å². The highest BCUT2D eigenvalue weighted by Crippen LogP contribution is 2.31. The Morgan fingerprint density at radius 2 is 2.25 bits per heavy atom. The molecular weight excluding hydrogens is 252 g/mol. The number of hydrogen-bond acceptors (Lipinski definition) is 5. The third kappa shape index (κ3) is 2.55. The maximum absolute atomic E-state index is 4.59. The van der Waals surface area contributed by atoms with Crippen LogP contribution in [-0.4, -0.2) is 32.5 Å². The van der Waals surface area contributed by atoms with E-state index >= 15 is 0 Å². The average molecular weight is 274 g/mol. The molecule has 0 bridgehead atoms. The van der Waals surface area contributed by atoms with Crippen LogP contribution < -0.4 is 10.6 Å². The minimum Gasteiger partial charge on any atom is -0.365 e. The molecule has 1 fully saturated rings. The summed E-state index contributed by atoms with van der Waals surface area (Å²) in [5.74, 6) is 2.26. The number of rotatable bonds is 6. The molecule has 1 aliphatic carbocycles. The van der Waals surface area contributed by atoms with Gasteiger partial charge in [0.2, 0.25) is 5.95 Å². The molecule has 0 amide bonds. The summed E-state index contributed by atoms with van der Waals surface area (Å²) in [6.45, 7) is 5.22. The molecule has 0 aliphatic heterocycles. The number of hydrogen-bond donors (Lipinski definition) is 3. The Balaban J connectivity index is 1.84. The van der Waals surface area contributed by atoms with Crippen LogP contribution in [0, 0.1) is 5.92 Å². The lowest BCUT2D eigenvalue weighted by molar-refractivity contribution is 0.285. The SMILES string of the molecule is CCCNc1nc(NC(C)C2CCC2)c2[nH]cnc2n1. The highest BCUT2D eigenvalue weighted by atomic mass is 15.2. The second-order valence-corrected chi connectivity index (χ2v) is 5.55. The van der Waals surface area contributed by atoms with Gasteiger partial charge in [0.1, 0.15) is 5.52 Å². The molecule has 1 aliphatic rings. The van der Waals surface area contributed by atoms with Gasteiger partial charge >= 0.3 is 0 Å². The molecule has 3 N–H and O–H groups in total. The lowest BCUT2D eigenvalue weighted by Crippen LogP contribution is -2.31. The van der Waals surface area contributed by atoms with Gasteiger partial charge in [-0.2, -0.15) is 9.97 Å². The number of fused-ring (bicyclic) bond motifs is 1. The summed E-state index contributed by atoms with van der Waals surface area (Å²) < 4.78 is 0. The Morgan fingerprint density at radius 3 is 2.95 bits per heavy atom. The van der Waals surface area contributed by atoms with Crippen molar-refractivity contribution in [3.63, 3.8) is 0 Å². The average Bonchev–Trinajstić information content (AvgIpc) is 2.82. The second kappa shape index (κ2) is 5.64. The van der Waals surface area contributed by atoms with Gasteiger partial charge in [0.15, 0.2) is 11.5 Å². The fourth-order valence-corrected chi connectivity index (χ4v) is 2.53. The van der Waals surface area contributed by atoms with Gasteiger partial charge in [-0.25, -0.2) is 4.98 Å². The van der Waals surface area contributed by atoms with Crippen molar-refractivity contribution >= 4 is 22.9 Å². The molecule has 1 unspecified atom stereocenters. The van der Waals surface area contributed by atoms with Gasteiger partial charge in [0.05, 0.1) is 6.33 Å². The van der Waals surface area contributed by atoms with Crippen LogP contribution in [0.15, 0.2) is 6.33 Å². The predicted molar refractivity (Wildman–Crippen MR) is 80.9 cm³/mol. The second-order valence-electron chi connectivity index (χ2n) is 5.55. The van der Waals surface area contributed by atoms with E-state index in [1.807, 2.05) is 0 Å². The third-order valence-corrected chi connectivity index (χ3v) is 4.04. The van der Waals surface area contributed by atoms with Crippen LogP contribution in [0.25, 0.3) is 11.2 Å². The minimum absolute atomic E-state index is 0.434. The van der Waals surface area contributed by atoms with Crippen molar-refractivity contribution < 1.29 is 0 Å². The molecule has 108 valence electrons. The van der Waals surface area contributed by atoms with E-state index in [0.29, 0.717) is 17.6 Å². The molecule has 0 spiro atoms. The lowest BCUT2D eigenvalue weighted by atomic mass is 9.80. The summed E-state index contributed by atoms with van der Waals surface area (Å²) in [5.41, 5.74) is 1.60. The van der Waals surface area contributed by atoms with E-state index in [1.54, 1.807) is 6.33 Å². The summed E-state index contributed by atoms with van der Waals surface area (Å²) >= 11 is 0.